The Morgan fingerprint density at radius 3 is 2.31 bits per heavy atom. The third-order valence-electron chi connectivity index (χ3n) is 4.34. The summed E-state index contributed by atoms with van der Waals surface area (Å²) in [7, 11) is 0. The lowest BCUT2D eigenvalue weighted by molar-refractivity contribution is 0.0697. The average molecular weight is 346 g/mol. The van der Waals surface area contributed by atoms with Gasteiger partial charge < -0.3 is 9.84 Å². The van der Waals surface area contributed by atoms with Gasteiger partial charge in [0.15, 0.2) is 0 Å². The van der Waals surface area contributed by atoms with E-state index >= 15 is 0 Å². The zero-order valence-electron chi connectivity index (χ0n) is 14.8. The molecule has 0 radical (unpaired) electrons. The summed E-state index contributed by atoms with van der Waals surface area (Å²) in [6, 6.07) is 23.5. The Morgan fingerprint density at radius 1 is 0.885 bits per heavy atom. The van der Waals surface area contributed by atoms with E-state index in [4.69, 9.17) is 9.84 Å². The highest BCUT2D eigenvalue weighted by molar-refractivity contribution is 5.87. The van der Waals surface area contributed by atoms with E-state index in [0.717, 1.165) is 29.7 Å². The smallest absolute Gasteiger partial charge is 0.335 e. The summed E-state index contributed by atoms with van der Waals surface area (Å²) in [6.45, 7) is 2.47. The van der Waals surface area contributed by atoms with E-state index in [2.05, 4.69) is 49.4 Å². The van der Waals surface area contributed by atoms with Crippen molar-refractivity contribution in [3.63, 3.8) is 0 Å². The average Bonchev–Trinajstić information content (AvgIpc) is 2.66. The number of carbonyl (C=O) groups is 1. The maximum atomic E-state index is 10.9. The third kappa shape index (κ3) is 4.73. The third-order valence-corrected chi connectivity index (χ3v) is 4.34. The van der Waals surface area contributed by atoms with Crippen LogP contribution in [0.4, 0.5) is 0 Å². The number of carboxylic acids is 1. The minimum Gasteiger partial charge on any atom is -0.489 e. The molecule has 0 amide bonds. The lowest BCUT2D eigenvalue weighted by Crippen LogP contribution is -2.02. The van der Waals surface area contributed by atoms with Crippen LogP contribution in [0.25, 0.3) is 0 Å². The summed E-state index contributed by atoms with van der Waals surface area (Å²) in [5.74, 6) is -0.0254. The summed E-state index contributed by atoms with van der Waals surface area (Å²) in [5.41, 5.74) is 4.88. The van der Waals surface area contributed by atoms with Crippen LogP contribution in [0.15, 0.2) is 72.8 Å². The zero-order valence-corrected chi connectivity index (χ0v) is 14.8. The predicted octanol–water partition coefficient (Wildman–Crippen LogP) is 5.06. The van der Waals surface area contributed by atoms with Gasteiger partial charge in [0.2, 0.25) is 0 Å². The van der Waals surface area contributed by atoms with Gasteiger partial charge in [0.05, 0.1) is 5.56 Å². The molecule has 0 aliphatic carbocycles. The topological polar surface area (TPSA) is 46.5 Å². The van der Waals surface area contributed by atoms with Gasteiger partial charge >= 0.3 is 5.97 Å². The van der Waals surface area contributed by atoms with Crippen molar-refractivity contribution in [3.8, 4) is 5.75 Å². The van der Waals surface area contributed by atoms with E-state index in [1.165, 1.54) is 11.1 Å². The molecule has 0 aliphatic rings. The molecule has 0 heterocycles. The summed E-state index contributed by atoms with van der Waals surface area (Å²) in [6.07, 6.45) is 1.88. The Bertz CT molecular complexity index is 868. The van der Waals surface area contributed by atoms with Crippen LogP contribution in [-0.2, 0) is 19.4 Å². The van der Waals surface area contributed by atoms with E-state index in [-0.39, 0.29) is 5.56 Å². The van der Waals surface area contributed by atoms with Crippen LogP contribution in [0.2, 0.25) is 0 Å². The molecule has 1 N–H and O–H groups in total. The Labute approximate surface area is 153 Å². The molecule has 0 atom stereocenters. The van der Waals surface area contributed by atoms with Gasteiger partial charge in [-0.15, -0.1) is 0 Å². The first-order valence-corrected chi connectivity index (χ1v) is 8.70. The molecule has 0 bridgehead atoms. The van der Waals surface area contributed by atoms with Gasteiger partial charge in [0.25, 0.3) is 0 Å². The van der Waals surface area contributed by atoms with Crippen molar-refractivity contribution >= 4 is 5.97 Å². The summed E-state index contributed by atoms with van der Waals surface area (Å²) < 4.78 is 6.05. The maximum absolute atomic E-state index is 10.9. The fourth-order valence-corrected chi connectivity index (χ4v) is 2.83. The van der Waals surface area contributed by atoms with Crippen molar-refractivity contribution in [2.24, 2.45) is 0 Å². The molecule has 3 nitrogen and oxygen atoms in total. The molecular formula is C23H22O3. The molecule has 0 unspecified atom stereocenters. The Hall–Kier alpha value is -3.07. The first kappa shape index (κ1) is 17.7. The molecular weight excluding hydrogens is 324 g/mol. The molecule has 3 rings (SSSR count). The van der Waals surface area contributed by atoms with Gasteiger partial charge in [0.1, 0.15) is 12.4 Å². The van der Waals surface area contributed by atoms with Gasteiger partial charge in [-0.3, -0.25) is 0 Å². The van der Waals surface area contributed by atoms with Crippen molar-refractivity contribution in [2.75, 3.05) is 0 Å². The van der Waals surface area contributed by atoms with Crippen LogP contribution in [0, 0.1) is 6.92 Å². The molecule has 3 heteroatoms. The van der Waals surface area contributed by atoms with Crippen LogP contribution in [0.3, 0.4) is 0 Å². The molecule has 0 saturated carbocycles. The second-order valence-corrected chi connectivity index (χ2v) is 6.39. The van der Waals surface area contributed by atoms with Crippen LogP contribution < -0.4 is 4.74 Å². The predicted molar refractivity (Wildman–Crippen MR) is 103 cm³/mol. The number of benzene rings is 3. The SMILES string of the molecule is Cc1ccc(CCc2ccccc2)c(OCc2ccc(C(=O)O)cc2)c1. The second-order valence-electron chi connectivity index (χ2n) is 6.39. The highest BCUT2D eigenvalue weighted by atomic mass is 16.5. The Morgan fingerprint density at radius 2 is 1.62 bits per heavy atom. The van der Waals surface area contributed by atoms with Crippen molar-refractivity contribution < 1.29 is 14.6 Å². The van der Waals surface area contributed by atoms with E-state index in [0.29, 0.717) is 6.61 Å². The molecule has 3 aromatic rings. The lowest BCUT2D eigenvalue weighted by Gasteiger charge is -2.13. The Kier molecular flexibility index (Phi) is 5.69. The number of ether oxygens (including phenoxy) is 1. The first-order chi connectivity index (χ1) is 12.6. The summed E-state index contributed by atoms with van der Waals surface area (Å²) in [4.78, 5) is 10.9. The van der Waals surface area contributed by atoms with Crippen LogP contribution >= 0.6 is 0 Å². The normalized spacial score (nSPS) is 10.5. The van der Waals surface area contributed by atoms with Crippen molar-refractivity contribution in [1.82, 2.24) is 0 Å². The largest absolute Gasteiger partial charge is 0.489 e. The van der Waals surface area contributed by atoms with Gasteiger partial charge in [-0.25, -0.2) is 4.79 Å². The minimum atomic E-state index is -0.917. The maximum Gasteiger partial charge on any atom is 0.335 e. The number of aromatic carboxylic acids is 1. The van der Waals surface area contributed by atoms with E-state index in [9.17, 15) is 4.79 Å². The van der Waals surface area contributed by atoms with Gasteiger partial charge in [-0.2, -0.15) is 0 Å². The first-order valence-electron chi connectivity index (χ1n) is 8.70. The standard InChI is InChI=1S/C23H22O3/c1-17-7-11-20(12-8-18-5-3-2-4-6-18)22(15-17)26-16-19-9-13-21(14-10-19)23(24)25/h2-7,9-11,13-15H,8,12,16H2,1H3,(H,24,25). The van der Waals surface area contributed by atoms with Crippen LogP contribution in [-0.4, -0.2) is 11.1 Å². The Balaban J connectivity index is 1.68. The molecule has 0 aliphatic heterocycles. The molecule has 26 heavy (non-hydrogen) atoms. The van der Waals surface area contributed by atoms with Crippen molar-refractivity contribution in [3.05, 3.63) is 101 Å². The highest BCUT2D eigenvalue weighted by Crippen LogP contribution is 2.23. The quantitative estimate of drug-likeness (QED) is 0.650. The van der Waals surface area contributed by atoms with Gasteiger partial charge in [-0.1, -0.05) is 54.6 Å². The minimum absolute atomic E-state index is 0.285. The van der Waals surface area contributed by atoms with Crippen LogP contribution in [0.1, 0.15) is 32.6 Å². The van der Waals surface area contributed by atoms with E-state index in [1.807, 2.05) is 6.07 Å². The zero-order chi connectivity index (χ0) is 18.4. The van der Waals surface area contributed by atoms with E-state index in [1.54, 1.807) is 24.3 Å². The molecule has 0 spiro atoms. The molecule has 0 aromatic heterocycles. The van der Waals surface area contributed by atoms with Gasteiger partial charge in [0, 0.05) is 0 Å². The van der Waals surface area contributed by atoms with E-state index < -0.39 is 5.97 Å². The van der Waals surface area contributed by atoms with Crippen molar-refractivity contribution in [1.29, 1.82) is 0 Å². The van der Waals surface area contributed by atoms with Crippen molar-refractivity contribution in [2.45, 2.75) is 26.4 Å². The molecule has 3 aromatic carbocycles. The number of rotatable bonds is 7. The summed E-state index contributed by atoms with van der Waals surface area (Å²) in [5, 5.41) is 8.97. The number of hydrogen-bond donors (Lipinski definition) is 1. The molecule has 132 valence electrons. The fourth-order valence-electron chi connectivity index (χ4n) is 2.83. The summed E-state index contributed by atoms with van der Waals surface area (Å²) >= 11 is 0. The monoisotopic (exact) mass is 346 g/mol. The number of carboxylic acid groups (broad SMARTS) is 1. The second kappa shape index (κ2) is 8.34. The highest BCUT2D eigenvalue weighted by Gasteiger charge is 2.07. The fraction of sp³-hybridized carbons (Fsp3) is 0.174. The van der Waals surface area contributed by atoms with Crippen LogP contribution in [0.5, 0.6) is 5.75 Å². The number of hydrogen-bond acceptors (Lipinski definition) is 2. The molecule has 0 saturated heterocycles. The lowest BCUT2D eigenvalue weighted by atomic mass is 10.0. The molecule has 0 fully saturated rings. The number of aryl methyl sites for hydroxylation is 3. The van der Waals surface area contributed by atoms with Gasteiger partial charge in [-0.05, 0) is 60.2 Å².